The van der Waals surface area contributed by atoms with Gasteiger partial charge in [-0.2, -0.15) is 0 Å². The molecule has 0 saturated carbocycles. The van der Waals surface area contributed by atoms with E-state index >= 15 is 0 Å². The van der Waals surface area contributed by atoms with Gasteiger partial charge in [0.15, 0.2) is 16.9 Å². The third-order valence-corrected chi connectivity index (χ3v) is 5.71. The SMILES string of the molecule is O=C(Cn1c2ccccc2c(=O)c2ccccc21)OCc1cc(Cl)c2c(c1)OCCCO2. The average Bonchev–Trinajstić information content (AvgIpc) is 3.06. The first-order valence-electron chi connectivity index (χ1n) is 10.4. The number of pyridine rings is 1. The van der Waals surface area contributed by atoms with Crippen molar-refractivity contribution in [3.63, 3.8) is 0 Å². The molecular formula is C25H20ClNO5. The van der Waals surface area contributed by atoms with Gasteiger partial charge in [0.2, 0.25) is 0 Å². The van der Waals surface area contributed by atoms with E-state index in [0.29, 0.717) is 57.1 Å². The molecular weight excluding hydrogens is 430 g/mol. The van der Waals surface area contributed by atoms with Crippen molar-refractivity contribution in [1.29, 1.82) is 0 Å². The molecule has 7 heteroatoms. The summed E-state index contributed by atoms with van der Waals surface area (Å²) in [4.78, 5) is 25.6. The number of benzene rings is 3. The van der Waals surface area contributed by atoms with E-state index < -0.39 is 5.97 Å². The Morgan fingerprint density at radius 3 is 2.34 bits per heavy atom. The molecule has 162 valence electrons. The van der Waals surface area contributed by atoms with E-state index in [-0.39, 0.29) is 18.6 Å². The molecule has 0 aliphatic carbocycles. The Morgan fingerprint density at radius 1 is 0.969 bits per heavy atom. The van der Waals surface area contributed by atoms with Gasteiger partial charge in [-0.15, -0.1) is 0 Å². The first-order chi connectivity index (χ1) is 15.6. The number of carbonyl (C=O) groups excluding carboxylic acids is 1. The number of halogens is 1. The number of aromatic nitrogens is 1. The van der Waals surface area contributed by atoms with Gasteiger partial charge in [-0.3, -0.25) is 9.59 Å². The summed E-state index contributed by atoms with van der Waals surface area (Å²) >= 11 is 6.33. The monoisotopic (exact) mass is 449 g/mol. The van der Waals surface area contributed by atoms with Gasteiger partial charge >= 0.3 is 5.97 Å². The van der Waals surface area contributed by atoms with Gasteiger partial charge in [0, 0.05) is 17.2 Å². The smallest absolute Gasteiger partial charge is 0.326 e. The van der Waals surface area contributed by atoms with Crippen LogP contribution in [0, 0.1) is 0 Å². The molecule has 0 amide bonds. The fourth-order valence-corrected chi connectivity index (χ4v) is 4.24. The normalized spacial score (nSPS) is 13.2. The van der Waals surface area contributed by atoms with Gasteiger partial charge in [0.05, 0.1) is 29.3 Å². The number of ether oxygens (including phenoxy) is 3. The van der Waals surface area contributed by atoms with Gasteiger partial charge in [-0.05, 0) is 42.0 Å². The predicted octanol–water partition coefficient (Wildman–Crippen LogP) is 4.71. The minimum absolute atomic E-state index is 0.0282. The fourth-order valence-electron chi connectivity index (χ4n) is 3.95. The Morgan fingerprint density at radius 2 is 1.62 bits per heavy atom. The largest absolute Gasteiger partial charge is 0.489 e. The van der Waals surface area contributed by atoms with Crippen molar-refractivity contribution >= 4 is 39.4 Å². The van der Waals surface area contributed by atoms with E-state index in [4.69, 9.17) is 25.8 Å². The molecule has 6 nitrogen and oxygen atoms in total. The van der Waals surface area contributed by atoms with Crippen molar-refractivity contribution in [2.24, 2.45) is 0 Å². The number of para-hydroxylation sites is 2. The van der Waals surface area contributed by atoms with Gasteiger partial charge in [-0.1, -0.05) is 35.9 Å². The zero-order valence-corrected chi connectivity index (χ0v) is 17.9. The predicted molar refractivity (Wildman–Crippen MR) is 123 cm³/mol. The van der Waals surface area contributed by atoms with Crippen molar-refractivity contribution < 1.29 is 19.0 Å². The lowest BCUT2D eigenvalue weighted by molar-refractivity contribution is -0.145. The Bertz CT molecular complexity index is 1330. The second kappa shape index (κ2) is 8.55. The van der Waals surface area contributed by atoms with E-state index in [1.165, 1.54) is 0 Å². The van der Waals surface area contributed by atoms with Crippen LogP contribution in [0.5, 0.6) is 11.5 Å². The number of rotatable bonds is 4. The summed E-state index contributed by atoms with van der Waals surface area (Å²) in [7, 11) is 0. The molecule has 0 N–H and O–H groups in total. The lowest BCUT2D eigenvalue weighted by Crippen LogP contribution is -2.18. The molecule has 5 rings (SSSR count). The number of hydrogen-bond donors (Lipinski definition) is 0. The van der Waals surface area contributed by atoms with Crippen LogP contribution in [0.3, 0.4) is 0 Å². The Labute approximate surface area is 188 Å². The lowest BCUT2D eigenvalue weighted by atomic mass is 10.1. The van der Waals surface area contributed by atoms with E-state index in [9.17, 15) is 9.59 Å². The third kappa shape index (κ3) is 3.78. The van der Waals surface area contributed by atoms with Crippen LogP contribution < -0.4 is 14.9 Å². The van der Waals surface area contributed by atoms with Crippen LogP contribution in [0.2, 0.25) is 5.02 Å². The Balaban J connectivity index is 1.41. The number of nitrogens with zero attached hydrogens (tertiary/aromatic N) is 1. The van der Waals surface area contributed by atoms with Crippen LogP contribution in [0.4, 0.5) is 0 Å². The zero-order chi connectivity index (χ0) is 22.1. The second-order valence-corrected chi connectivity index (χ2v) is 7.97. The molecule has 1 aliphatic heterocycles. The van der Waals surface area contributed by atoms with Crippen LogP contribution in [-0.4, -0.2) is 23.8 Å². The molecule has 32 heavy (non-hydrogen) atoms. The minimum Gasteiger partial charge on any atom is -0.489 e. The number of esters is 1. The number of hydrogen-bond acceptors (Lipinski definition) is 5. The summed E-state index contributed by atoms with van der Waals surface area (Å²) in [5.41, 5.74) is 2.03. The van der Waals surface area contributed by atoms with E-state index in [1.54, 1.807) is 24.3 Å². The highest BCUT2D eigenvalue weighted by Crippen LogP contribution is 2.38. The van der Waals surface area contributed by atoms with E-state index in [1.807, 2.05) is 41.0 Å². The van der Waals surface area contributed by atoms with Crippen LogP contribution in [-0.2, 0) is 22.7 Å². The highest BCUT2D eigenvalue weighted by Gasteiger charge is 2.17. The molecule has 0 unspecified atom stereocenters. The highest BCUT2D eigenvalue weighted by atomic mass is 35.5. The van der Waals surface area contributed by atoms with Crippen LogP contribution >= 0.6 is 11.6 Å². The summed E-state index contributed by atoms with van der Waals surface area (Å²) in [6.45, 7) is 1.10. The van der Waals surface area contributed by atoms with Gasteiger partial charge in [0.25, 0.3) is 0 Å². The maximum atomic E-state index is 12.8. The number of fused-ring (bicyclic) bond motifs is 3. The summed E-state index contributed by atoms with van der Waals surface area (Å²) in [5, 5.41) is 1.55. The first-order valence-corrected chi connectivity index (χ1v) is 10.7. The zero-order valence-electron chi connectivity index (χ0n) is 17.2. The quantitative estimate of drug-likeness (QED) is 0.333. The molecule has 0 bridgehead atoms. The van der Waals surface area contributed by atoms with E-state index in [0.717, 1.165) is 6.42 Å². The molecule has 1 aliphatic rings. The second-order valence-electron chi connectivity index (χ2n) is 7.57. The molecule has 4 aromatic rings. The molecule has 3 aromatic carbocycles. The molecule has 0 fully saturated rings. The molecule has 0 saturated heterocycles. The van der Waals surface area contributed by atoms with Crippen LogP contribution in [0.15, 0.2) is 65.5 Å². The summed E-state index contributed by atoms with van der Waals surface area (Å²) in [6.07, 6.45) is 0.774. The molecule has 1 aromatic heterocycles. The van der Waals surface area contributed by atoms with E-state index in [2.05, 4.69) is 0 Å². The number of carbonyl (C=O) groups is 1. The van der Waals surface area contributed by atoms with Crippen molar-refractivity contribution in [3.8, 4) is 11.5 Å². The maximum absolute atomic E-state index is 12.8. The summed E-state index contributed by atoms with van der Waals surface area (Å²) in [6, 6.07) is 18.0. The Hall–Kier alpha value is -3.51. The van der Waals surface area contributed by atoms with Crippen LogP contribution in [0.1, 0.15) is 12.0 Å². The fraction of sp³-hybridized carbons (Fsp3) is 0.200. The Kier molecular flexibility index (Phi) is 5.45. The standard InChI is InChI=1S/C25H20ClNO5/c26-19-12-16(13-22-25(19)31-11-5-10-30-22)15-32-23(28)14-27-20-8-3-1-6-17(20)24(29)18-7-2-4-9-21(18)27/h1-4,6-9,12-13H,5,10-11,14-15H2. The summed E-state index contributed by atoms with van der Waals surface area (Å²) < 4.78 is 18.7. The average molecular weight is 450 g/mol. The van der Waals surface area contributed by atoms with Gasteiger partial charge in [-0.25, -0.2) is 0 Å². The van der Waals surface area contributed by atoms with Crippen molar-refractivity contribution in [2.45, 2.75) is 19.6 Å². The minimum atomic E-state index is -0.424. The summed E-state index contributed by atoms with van der Waals surface area (Å²) in [5.74, 6) is 0.649. The van der Waals surface area contributed by atoms with Crippen molar-refractivity contribution in [1.82, 2.24) is 4.57 Å². The topological polar surface area (TPSA) is 66.8 Å². The van der Waals surface area contributed by atoms with Crippen molar-refractivity contribution in [3.05, 3.63) is 81.5 Å². The van der Waals surface area contributed by atoms with Gasteiger partial charge < -0.3 is 18.8 Å². The maximum Gasteiger partial charge on any atom is 0.326 e. The molecule has 0 atom stereocenters. The van der Waals surface area contributed by atoms with Gasteiger partial charge in [0.1, 0.15) is 13.2 Å². The third-order valence-electron chi connectivity index (χ3n) is 5.43. The molecule has 0 radical (unpaired) electrons. The van der Waals surface area contributed by atoms with Crippen molar-refractivity contribution in [2.75, 3.05) is 13.2 Å². The lowest BCUT2D eigenvalue weighted by Gasteiger charge is -2.15. The first kappa shape index (κ1) is 20.4. The van der Waals surface area contributed by atoms with Crippen LogP contribution in [0.25, 0.3) is 21.8 Å². The highest BCUT2D eigenvalue weighted by molar-refractivity contribution is 6.32. The molecule has 2 heterocycles. The molecule has 0 spiro atoms.